The van der Waals surface area contributed by atoms with E-state index in [9.17, 15) is 13.6 Å². The summed E-state index contributed by atoms with van der Waals surface area (Å²) in [5.41, 5.74) is 2.93. The number of aliphatic imine (C=N–C) groups is 1. The van der Waals surface area contributed by atoms with Crippen LogP contribution in [0.25, 0.3) is 0 Å². The molecule has 0 aliphatic heterocycles. The minimum atomic E-state index is -1.03. The summed E-state index contributed by atoms with van der Waals surface area (Å²) >= 11 is 0. The van der Waals surface area contributed by atoms with Gasteiger partial charge in [0, 0.05) is 25.2 Å². The van der Waals surface area contributed by atoms with Crippen LogP contribution in [0.1, 0.15) is 34.0 Å². The van der Waals surface area contributed by atoms with Crippen LogP contribution in [0.2, 0.25) is 0 Å². The lowest BCUT2D eigenvalue weighted by molar-refractivity contribution is 0.0468. The third kappa shape index (κ3) is 5.06. The van der Waals surface area contributed by atoms with Crippen molar-refractivity contribution in [2.75, 3.05) is 20.7 Å². The van der Waals surface area contributed by atoms with Crippen molar-refractivity contribution >= 4 is 18.0 Å². The van der Waals surface area contributed by atoms with Gasteiger partial charge in [-0.3, -0.25) is 0 Å². The number of methoxy groups -OCH3 is 1. The van der Waals surface area contributed by atoms with Crippen LogP contribution in [0.4, 0.5) is 14.5 Å². The average molecular weight is 390 g/mol. The van der Waals surface area contributed by atoms with E-state index in [2.05, 4.69) is 4.99 Å². The fourth-order valence-electron chi connectivity index (χ4n) is 2.50. The number of benzene rings is 2. The smallest absolute Gasteiger partial charge is 0.338 e. The van der Waals surface area contributed by atoms with Gasteiger partial charge in [0.25, 0.3) is 0 Å². The van der Waals surface area contributed by atoms with Gasteiger partial charge in [0.2, 0.25) is 0 Å². The van der Waals surface area contributed by atoms with E-state index < -0.39 is 17.6 Å². The third-order valence-corrected chi connectivity index (χ3v) is 4.34. The van der Waals surface area contributed by atoms with Crippen molar-refractivity contribution in [2.24, 2.45) is 4.99 Å². The highest BCUT2D eigenvalue weighted by atomic mass is 19.2. The summed E-state index contributed by atoms with van der Waals surface area (Å²) in [5, 5.41) is 0. The number of halogens is 2. The molecule has 0 unspecified atom stereocenters. The minimum absolute atomic E-state index is 0.115. The molecule has 5 nitrogen and oxygen atoms in total. The normalized spacial score (nSPS) is 11.0. The Morgan fingerprint density at radius 3 is 2.46 bits per heavy atom. The minimum Gasteiger partial charge on any atom is -0.496 e. The van der Waals surface area contributed by atoms with Crippen molar-refractivity contribution in [3.05, 3.63) is 58.2 Å². The summed E-state index contributed by atoms with van der Waals surface area (Å²) in [7, 11) is 3.25. The Morgan fingerprint density at radius 1 is 1.14 bits per heavy atom. The van der Waals surface area contributed by atoms with Crippen LogP contribution in [-0.4, -0.2) is 37.9 Å². The second-order valence-corrected chi connectivity index (χ2v) is 6.43. The summed E-state index contributed by atoms with van der Waals surface area (Å²) in [6.45, 7) is 6.26. The zero-order valence-corrected chi connectivity index (χ0v) is 16.7. The van der Waals surface area contributed by atoms with Gasteiger partial charge in [0.1, 0.15) is 12.4 Å². The number of hydrogen-bond acceptors (Lipinski definition) is 4. The van der Waals surface area contributed by atoms with E-state index in [0.29, 0.717) is 11.1 Å². The molecule has 0 aliphatic carbocycles. The maximum atomic E-state index is 13.5. The molecule has 0 saturated carbocycles. The summed E-state index contributed by atoms with van der Waals surface area (Å²) in [6, 6.07) is 5.40. The van der Waals surface area contributed by atoms with Gasteiger partial charge in [-0.2, -0.15) is 0 Å². The highest BCUT2D eigenvalue weighted by Crippen LogP contribution is 2.26. The van der Waals surface area contributed by atoms with Gasteiger partial charge in [0.15, 0.2) is 11.6 Å². The first-order valence-corrected chi connectivity index (χ1v) is 8.81. The molecule has 7 heteroatoms. The van der Waals surface area contributed by atoms with E-state index in [1.54, 1.807) is 19.3 Å². The molecule has 2 aromatic rings. The molecule has 0 amide bonds. The molecule has 0 radical (unpaired) electrons. The largest absolute Gasteiger partial charge is 0.496 e. The fourth-order valence-corrected chi connectivity index (χ4v) is 2.50. The molecular formula is C21H24F2N2O3. The number of carbonyl (C=O) groups is 1. The molecule has 150 valence electrons. The van der Waals surface area contributed by atoms with Gasteiger partial charge in [-0.25, -0.2) is 18.6 Å². The molecule has 28 heavy (non-hydrogen) atoms. The van der Waals surface area contributed by atoms with Crippen LogP contribution < -0.4 is 4.74 Å². The Balaban J connectivity index is 2.18. The predicted octanol–water partition coefficient (Wildman–Crippen LogP) is 4.56. The summed E-state index contributed by atoms with van der Waals surface area (Å²) < 4.78 is 37.1. The average Bonchev–Trinajstić information content (AvgIpc) is 2.68. The molecule has 0 saturated heterocycles. The Hall–Kier alpha value is -2.96. The topological polar surface area (TPSA) is 51.1 Å². The quantitative estimate of drug-likeness (QED) is 0.395. The first-order chi connectivity index (χ1) is 13.3. The van der Waals surface area contributed by atoms with E-state index in [-0.39, 0.29) is 17.9 Å². The lowest BCUT2D eigenvalue weighted by Gasteiger charge is -2.13. The van der Waals surface area contributed by atoms with E-state index >= 15 is 0 Å². The number of carbonyl (C=O) groups excluding carboxylic acids is 1. The SMILES string of the molecule is CCN(C)C=Nc1cc(C)c(C(=O)OCc2cc(F)c(F)cc2OC)cc1C. The van der Waals surface area contributed by atoms with Crippen LogP contribution in [-0.2, 0) is 11.3 Å². The van der Waals surface area contributed by atoms with Crippen LogP contribution in [0, 0.1) is 25.5 Å². The van der Waals surface area contributed by atoms with Gasteiger partial charge < -0.3 is 14.4 Å². The van der Waals surface area contributed by atoms with Crippen molar-refractivity contribution in [3.63, 3.8) is 0 Å². The predicted molar refractivity (Wildman–Crippen MR) is 104 cm³/mol. The standard InChI is InChI=1S/C21H24F2N2O3/c1-6-25(4)12-24-19-8-13(2)16(7-14(19)3)21(26)28-11-15-9-17(22)18(23)10-20(15)27-5/h7-10,12H,6,11H2,1-5H3. The number of hydrogen-bond donors (Lipinski definition) is 0. The zero-order valence-electron chi connectivity index (χ0n) is 16.7. The summed E-state index contributed by atoms with van der Waals surface area (Å²) in [6.07, 6.45) is 1.73. The van der Waals surface area contributed by atoms with Crippen molar-refractivity contribution < 1.29 is 23.0 Å². The zero-order chi connectivity index (χ0) is 20.8. The van der Waals surface area contributed by atoms with Gasteiger partial charge in [-0.1, -0.05) is 0 Å². The van der Waals surface area contributed by atoms with Crippen LogP contribution in [0.15, 0.2) is 29.3 Å². The fraction of sp³-hybridized carbons (Fsp3) is 0.333. The monoisotopic (exact) mass is 390 g/mol. The first-order valence-electron chi connectivity index (χ1n) is 8.81. The molecule has 0 aromatic heterocycles. The molecule has 0 aliphatic rings. The lowest BCUT2D eigenvalue weighted by atomic mass is 10.0. The first kappa shape index (κ1) is 21.3. The number of ether oxygens (including phenoxy) is 2. The maximum Gasteiger partial charge on any atom is 0.338 e. The second kappa shape index (κ2) is 9.30. The van der Waals surface area contributed by atoms with Gasteiger partial charge >= 0.3 is 5.97 Å². The number of nitrogens with zero attached hydrogens (tertiary/aromatic N) is 2. The summed E-state index contributed by atoms with van der Waals surface area (Å²) in [5.74, 6) is -2.50. The molecule has 0 heterocycles. The molecule has 2 rings (SSSR count). The van der Waals surface area contributed by atoms with Crippen molar-refractivity contribution in [1.82, 2.24) is 4.90 Å². The number of esters is 1. The Kier molecular flexibility index (Phi) is 7.09. The molecule has 0 fully saturated rings. The van der Waals surface area contributed by atoms with Gasteiger partial charge in [0.05, 0.1) is 24.7 Å². The van der Waals surface area contributed by atoms with E-state index in [4.69, 9.17) is 9.47 Å². The second-order valence-electron chi connectivity index (χ2n) is 6.43. The molecule has 2 aromatic carbocycles. The van der Waals surface area contributed by atoms with E-state index in [0.717, 1.165) is 29.9 Å². The van der Waals surface area contributed by atoms with E-state index in [1.165, 1.54) is 7.11 Å². The molecule has 0 N–H and O–H groups in total. The molecular weight excluding hydrogens is 366 g/mol. The molecule has 0 spiro atoms. The summed E-state index contributed by atoms with van der Waals surface area (Å²) in [4.78, 5) is 18.9. The Morgan fingerprint density at radius 2 is 1.82 bits per heavy atom. The Labute approximate surface area is 163 Å². The molecule has 0 atom stereocenters. The van der Waals surface area contributed by atoms with Crippen molar-refractivity contribution in [2.45, 2.75) is 27.4 Å². The number of aryl methyl sites for hydroxylation is 2. The number of rotatable bonds is 7. The van der Waals surface area contributed by atoms with Crippen molar-refractivity contribution in [1.29, 1.82) is 0 Å². The van der Waals surface area contributed by atoms with Crippen LogP contribution in [0.3, 0.4) is 0 Å². The van der Waals surface area contributed by atoms with Gasteiger partial charge in [-0.05, 0) is 50.1 Å². The molecule has 0 bridgehead atoms. The van der Waals surface area contributed by atoms with Crippen molar-refractivity contribution in [3.8, 4) is 5.75 Å². The van der Waals surface area contributed by atoms with Crippen LogP contribution in [0.5, 0.6) is 5.75 Å². The highest BCUT2D eigenvalue weighted by Gasteiger charge is 2.16. The van der Waals surface area contributed by atoms with Gasteiger partial charge in [-0.15, -0.1) is 0 Å². The third-order valence-electron chi connectivity index (χ3n) is 4.34. The highest BCUT2D eigenvalue weighted by molar-refractivity contribution is 5.92. The Bertz CT molecular complexity index is 898. The van der Waals surface area contributed by atoms with E-state index in [1.807, 2.05) is 31.9 Å². The maximum absolute atomic E-state index is 13.5. The lowest BCUT2D eigenvalue weighted by Crippen LogP contribution is -2.14. The van der Waals surface area contributed by atoms with Crippen LogP contribution >= 0.6 is 0 Å².